The van der Waals surface area contributed by atoms with Gasteiger partial charge < -0.3 is 5.11 Å². The van der Waals surface area contributed by atoms with Crippen LogP contribution in [0, 0.1) is 0 Å². The molecule has 78 valence electrons. The van der Waals surface area contributed by atoms with E-state index in [-0.39, 0.29) is 11.6 Å². The number of carboxylic acid groups (broad SMARTS) is 1. The van der Waals surface area contributed by atoms with E-state index in [4.69, 9.17) is 10.6 Å². The van der Waals surface area contributed by atoms with Crippen LogP contribution in [0.3, 0.4) is 0 Å². The van der Waals surface area contributed by atoms with Crippen molar-refractivity contribution in [1.82, 2.24) is 0 Å². The summed E-state index contributed by atoms with van der Waals surface area (Å²) in [6.07, 6.45) is 0.691. The highest BCUT2D eigenvalue weighted by atomic mass is 16.4. The van der Waals surface area contributed by atoms with Gasteiger partial charge in [0.25, 0.3) is 0 Å². The minimum absolute atomic E-state index is 0.224. The highest BCUT2D eigenvalue weighted by molar-refractivity contribution is 5.87. The van der Waals surface area contributed by atoms with Crippen LogP contribution >= 0.6 is 0 Å². The van der Waals surface area contributed by atoms with Crippen LogP contribution in [0.4, 0.5) is 0 Å². The smallest absolute Gasteiger partial charge is 0.335 e. The molecule has 0 aromatic heterocycles. The summed E-state index contributed by atoms with van der Waals surface area (Å²) in [7, 11) is 0. The molecule has 1 aromatic carbocycles. The number of hydrogen-bond acceptors (Lipinski definition) is 2. The number of carboxylic acids is 1. The molecule has 1 rings (SSSR count). The van der Waals surface area contributed by atoms with Crippen molar-refractivity contribution < 1.29 is 9.90 Å². The fourth-order valence-corrected chi connectivity index (χ4v) is 1.29. The summed E-state index contributed by atoms with van der Waals surface area (Å²) in [6.45, 7) is 1.91. The van der Waals surface area contributed by atoms with Crippen molar-refractivity contribution in [3.05, 3.63) is 45.8 Å². The molecule has 0 aliphatic heterocycles. The third kappa shape index (κ3) is 2.72. The SMILES string of the molecule is CC[C@@H](N=[N+]=[N-])c1ccc(C(=O)O)cc1. The van der Waals surface area contributed by atoms with Gasteiger partial charge in [-0.3, -0.25) is 0 Å². The number of aromatic carboxylic acids is 1. The Morgan fingerprint density at radius 3 is 2.53 bits per heavy atom. The lowest BCUT2D eigenvalue weighted by molar-refractivity contribution is 0.0697. The standard InChI is InChI=1S/C10H11N3O2/c1-2-9(12-13-11)7-3-5-8(6-4-7)10(14)15/h3-6,9H,2H2,1H3,(H,14,15)/t9-/m1/s1. The third-order valence-electron chi connectivity index (χ3n) is 2.12. The number of carbonyl (C=O) groups is 1. The van der Waals surface area contributed by atoms with E-state index in [0.717, 1.165) is 5.56 Å². The first kappa shape index (κ1) is 11.1. The van der Waals surface area contributed by atoms with Crippen molar-refractivity contribution in [2.45, 2.75) is 19.4 Å². The van der Waals surface area contributed by atoms with Gasteiger partial charge in [0.1, 0.15) is 0 Å². The Kier molecular flexibility index (Phi) is 3.71. The Morgan fingerprint density at radius 2 is 2.13 bits per heavy atom. The van der Waals surface area contributed by atoms with E-state index in [1.165, 1.54) is 12.1 Å². The van der Waals surface area contributed by atoms with Crippen molar-refractivity contribution in [3.8, 4) is 0 Å². The molecule has 5 heteroatoms. The first-order valence-electron chi connectivity index (χ1n) is 4.56. The summed E-state index contributed by atoms with van der Waals surface area (Å²) in [5.41, 5.74) is 9.40. The van der Waals surface area contributed by atoms with Crippen molar-refractivity contribution in [3.63, 3.8) is 0 Å². The second kappa shape index (κ2) is 5.02. The molecule has 0 saturated carbocycles. The van der Waals surface area contributed by atoms with Gasteiger partial charge in [0.2, 0.25) is 0 Å². The zero-order valence-corrected chi connectivity index (χ0v) is 8.29. The normalized spacial score (nSPS) is 11.5. The lowest BCUT2D eigenvalue weighted by atomic mass is 10.0. The lowest BCUT2D eigenvalue weighted by Crippen LogP contribution is -1.98. The Labute approximate surface area is 87.0 Å². The van der Waals surface area contributed by atoms with Gasteiger partial charge in [-0.15, -0.1) is 0 Å². The van der Waals surface area contributed by atoms with Gasteiger partial charge >= 0.3 is 5.97 Å². The maximum atomic E-state index is 10.6. The molecule has 5 nitrogen and oxygen atoms in total. The van der Waals surface area contributed by atoms with Crippen LogP contribution in [-0.2, 0) is 0 Å². The second-order valence-electron chi connectivity index (χ2n) is 3.06. The second-order valence-corrected chi connectivity index (χ2v) is 3.06. The molecule has 0 amide bonds. The van der Waals surface area contributed by atoms with Gasteiger partial charge in [0.15, 0.2) is 0 Å². The molecule has 0 aliphatic rings. The predicted molar refractivity (Wildman–Crippen MR) is 55.6 cm³/mol. The molecule has 0 bridgehead atoms. The molecule has 0 aliphatic carbocycles. The molecule has 15 heavy (non-hydrogen) atoms. The van der Waals surface area contributed by atoms with Crippen LogP contribution in [-0.4, -0.2) is 11.1 Å². The monoisotopic (exact) mass is 205 g/mol. The average molecular weight is 205 g/mol. The Hall–Kier alpha value is -2.00. The van der Waals surface area contributed by atoms with Gasteiger partial charge in [0, 0.05) is 4.91 Å². The van der Waals surface area contributed by atoms with Crippen LogP contribution in [0.1, 0.15) is 35.3 Å². The zero-order chi connectivity index (χ0) is 11.3. The fraction of sp³-hybridized carbons (Fsp3) is 0.300. The van der Waals surface area contributed by atoms with E-state index in [1.807, 2.05) is 6.92 Å². The van der Waals surface area contributed by atoms with Crippen molar-refractivity contribution >= 4 is 5.97 Å². The lowest BCUT2D eigenvalue weighted by Gasteiger charge is -2.08. The maximum absolute atomic E-state index is 10.6. The van der Waals surface area contributed by atoms with Crippen molar-refractivity contribution in [2.75, 3.05) is 0 Å². The Morgan fingerprint density at radius 1 is 1.53 bits per heavy atom. The third-order valence-corrected chi connectivity index (χ3v) is 2.12. The van der Waals surface area contributed by atoms with Gasteiger partial charge in [-0.25, -0.2) is 4.79 Å². The van der Waals surface area contributed by atoms with E-state index in [9.17, 15) is 4.79 Å². The number of azide groups is 1. The van der Waals surface area contributed by atoms with Crippen LogP contribution in [0.2, 0.25) is 0 Å². The molecule has 0 unspecified atom stereocenters. The van der Waals surface area contributed by atoms with Crippen LogP contribution in [0.5, 0.6) is 0 Å². The minimum Gasteiger partial charge on any atom is -0.478 e. The van der Waals surface area contributed by atoms with E-state index in [2.05, 4.69) is 10.0 Å². The summed E-state index contributed by atoms with van der Waals surface area (Å²) in [5, 5.41) is 12.3. The summed E-state index contributed by atoms with van der Waals surface area (Å²) in [5.74, 6) is -0.960. The number of benzene rings is 1. The van der Waals surface area contributed by atoms with Crippen LogP contribution in [0.25, 0.3) is 10.4 Å². The van der Waals surface area contributed by atoms with Crippen molar-refractivity contribution in [2.24, 2.45) is 5.11 Å². The highest BCUT2D eigenvalue weighted by Gasteiger charge is 2.08. The van der Waals surface area contributed by atoms with Crippen LogP contribution < -0.4 is 0 Å². The van der Waals surface area contributed by atoms with Gasteiger partial charge in [0.05, 0.1) is 11.6 Å². The highest BCUT2D eigenvalue weighted by Crippen LogP contribution is 2.21. The van der Waals surface area contributed by atoms with Gasteiger partial charge in [-0.2, -0.15) is 0 Å². The summed E-state index contributed by atoms with van der Waals surface area (Å²) < 4.78 is 0. The van der Waals surface area contributed by atoms with E-state index in [0.29, 0.717) is 6.42 Å². The average Bonchev–Trinajstić information content (AvgIpc) is 2.26. The maximum Gasteiger partial charge on any atom is 0.335 e. The Balaban J connectivity index is 2.96. The summed E-state index contributed by atoms with van der Waals surface area (Å²) in [6, 6.07) is 6.14. The van der Waals surface area contributed by atoms with Gasteiger partial charge in [-0.1, -0.05) is 24.2 Å². The molecule has 0 spiro atoms. The van der Waals surface area contributed by atoms with Crippen LogP contribution in [0.15, 0.2) is 29.4 Å². The van der Waals surface area contributed by atoms with E-state index >= 15 is 0 Å². The quantitative estimate of drug-likeness (QED) is 0.465. The molecule has 0 radical (unpaired) electrons. The minimum atomic E-state index is -0.960. The first-order chi connectivity index (χ1) is 7.19. The number of nitrogens with zero attached hydrogens (tertiary/aromatic N) is 3. The molecule has 0 heterocycles. The van der Waals surface area contributed by atoms with E-state index in [1.54, 1.807) is 12.1 Å². The topological polar surface area (TPSA) is 86.1 Å². The largest absolute Gasteiger partial charge is 0.478 e. The molecule has 1 atom stereocenters. The van der Waals surface area contributed by atoms with Gasteiger partial charge in [-0.05, 0) is 29.6 Å². The summed E-state index contributed by atoms with van der Waals surface area (Å²) >= 11 is 0. The first-order valence-corrected chi connectivity index (χ1v) is 4.56. The molecule has 0 saturated heterocycles. The molecule has 1 aromatic rings. The number of hydrogen-bond donors (Lipinski definition) is 1. The number of rotatable bonds is 4. The predicted octanol–water partition coefficient (Wildman–Crippen LogP) is 3.15. The zero-order valence-electron chi connectivity index (χ0n) is 8.29. The summed E-state index contributed by atoms with van der Waals surface area (Å²) in [4.78, 5) is 13.3. The molecule has 1 N–H and O–H groups in total. The molecular weight excluding hydrogens is 194 g/mol. The van der Waals surface area contributed by atoms with E-state index < -0.39 is 5.97 Å². The van der Waals surface area contributed by atoms with Crippen molar-refractivity contribution in [1.29, 1.82) is 0 Å². The fourth-order valence-electron chi connectivity index (χ4n) is 1.29. The molecular formula is C10H11N3O2. The Bertz CT molecular complexity index is 394. The molecule has 0 fully saturated rings.